The summed E-state index contributed by atoms with van der Waals surface area (Å²) < 4.78 is 26.0. The highest BCUT2D eigenvalue weighted by Gasteiger charge is 2.43. The maximum atomic E-state index is 12.1. The van der Waals surface area contributed by atoms with Gasteiger partial charge in [-0.2, -0.15) is 5.10 Å². The molecule has 21 heavy (non-hydrogen) atoms. The molecule has 5 heteroatoms. The molecule has 2 atom stereocenters. The van der Waals surface area contributed by atoms with Crippen molar-refractivity contribution in [1.82, 2.24) is 9.78 Å². The molecule has 4 rings (SSSR count). The van der Waals surface area contributed by atoms with Gasteiger partial charge in [0.2, 0.25) is 0 Å². The van der Waals surface area contributed by atoms with Crippen LogP contribution in [0.5, 0.6) is 0 Å². The average Bonchev–Trinajstić information content (AvgIpc) is 3.02. The first-order valence-electron chi connectivity index (χ1n) is 7.18. The van der Waals surface area contributed by atoms with Crippen LogP contribution in [0.1, 0.15) is 24.8 Å². The second kappa shape index (κ2) is 4.56. The molecule has 1 fully saturated rings. The van der Waals surface area contributed by atoms with Crippen LogP contribution in [0.25, 0.3) is 11.3 Å². The summed E-state index contributed by atoms with van der Waals surface area (Å²) in [4.78, 5) is 0. The third-order valence-corrected chi connectivity index (χ3v) is 7.05. The summed E-state index contributed by atoms with van der Waals surface area (Å²) in [5.41, 5.74) is 3.30. The second-order valence-electron chi connectivity index (χ2n) is 5.72. The van der Waals surface area contributed by atoms with Gasteiger partial charge in [-0.05, 0) is 48.6 Å². The molecule has 4 nitrogen and oxygen atoms in total. The van der Waals surface area contributed by atoms with Gasteiger partial charge in [0.25, 0.3) is 0 Å². The summed E-state index contributed by atoms with van der Waals surface area (Å²) in [7, 11) is -2.90. The lowest BCUT2D eigenvalue weighted by Gasteiger charge is -2.20. The summed E-state index contributed by atoms with van der Waals surface area (Å²) in [6, 6.07) is 10.0. The molecule has 0 aliphatic carbocycles. The summed E-state index contributed by atoms with van der Waals surface area (Å²) in [6.07, 6.45) is 7.85. The van der Waals surface area contributed by atoms with Crippen LogP contribution < -0.4 is 0 Å². The van der Waals surface area contributed by atoms with Crippen molar-refractivity contribution in [1.29, 1.82) is 0 Å². The smallest absolute Gasteiger partial charge is 0.159 e. The van der Waals surface area contributed by atoms with Gasteiger partial charge in [-0.3, -0.25) is 0 Å². The van der Waals surface area contributed by atoms with Gasteiger partial charge in [0.05, 0.1) is 16.2 Å². The molecule has 0 N–H and O–H groups in total. The topological polar surface area (TPSA) is 52.0 Å². The summed E-state index contributed by atoms with van der Waals surface area (Å²) in [5.74, 6) is 0. The fraction of sp³-hybridized carbons (Fsp3) is 0.312. The van der Waals surface area contributed by atoms with Crippen molar-refractivity contribution in [2.24, 2.45) is 0 Å². The number of allylic oxidation sites excluding steroid dienone is 1. The number of fused-ring (bicyclic) bond motifs is 2. The second-order valence-corrected chi connectivity index (χ2v) is 8.17. The van der Waals surface area contributed by atoms with Crippen LogP contribution in [-0.2, 0) is 9.84 Å². The Balaban J connectivity index is 1.66. The van der Waals surface area contributed by atoms with Gasteiger partial charge in [-0.15, -0.1) is 0 Å². The molecule has 0 amide bonds. The summed E-state index contributed by atoms with van der Waals surface area (Å²) in [6.45, 7) is 0. The minimum absolute atomic E-state index is 0.173. The van der Waals surface area contributed by atoms with E-state index in [2.05, 4.69) is 17.2 Å². The van der Waals surface area contributed by atoms with E-state index in [-0.39, 0.29) is 10.5 Å². The monoisotopic (exact) mass is 300 g/mol. The third-order valence-electron chi connectivity index (χ3n) is 4.50. The van der Waals surface area contributed by atoms with Crippen molar-refractivity contribution in [2.75, 3.05) is 0 Å². The Bertz CT molecular complexity index is 789. The molecule has 108 valence electrons. The summed E-state index contributed by atoms with van der Waals surface area (Å²) >= 11 is 0. The molecule has 2 aliphatic rings. The van der Waals surface area contributed by atoms with Gasteiger partial charge in [0.1, 0.15) is 0 Å². The molecule has 0 spiro atoms. The molecular weight excluding hydrogens is 284 g/mol. The van der Waals surface area contributed by atoms with E-state index in [1.807, 2.05) is 35.2 Å². The number of nitrogens with zero attached hydrogens (tertiary/aromatic N) is 2. The molecule has 0 radical (unpaired) electrons. The lowest BCUT2D eigenvalue weighted by atomic mass is 10.0. The zero-order chi connectivity index (χ0) is 14.4. The van der Waals surface area contributed by atoms with Crippen LogP contribution in [0.3, 0.4) is 0 Å². The quantitative estimate of drug-likeness (QED) is 0.856. The molecule has 3 heterocycles. The van der Waals surface area contributed by atoms with Gasteiger partial charge >= 0.3 is 0 Å². The Morgan fingerprint density at radius 1 is 1.14 bits per heavy atom. The number of benzene rings is 1. The predicted molar refractivity (Wildman–Crippen MR) is 81.9 cm³/mol. The normalized spacial score (nSPS) is 26.6. The van der Waals surface area contributed by atoms with E-state index in [4.69, 9.17) is 0 Å². The Labute approximate surface area is 124 Å². The third kappa shape index (κ3) is 2.03. The summed E-state index contributed by atoms with van der Waals surface area (Å²) in [5, 5.41) is 3.77. The maximum Gasteiger partial charge on any atom is 0.159 e. The van der Waals surface area contributed by atoms with Crippen LogP contribution >= 0.6 is 0 Å². The first-order chi connectivity index (χ1) is 10.1. The number of aromatic nitrogens is 2. The Morgan fingerprint density at radius 3 is 2.62 bits per heavy atom. The van der Waals surface area contributed by atoms with E-state index in [1.165, 1.54) is 5.57 Å². The van der Waals surface area contributed by atoms with E-state index >= 15 is 0 Å². The van der Waals surface area contributed by atoms with Gasteiger partial charge < -0.3 is 0 Å². The fourth-order valence-electron chi connectivity index (χ4n) is 3.32. The molecule has 1 aromatic carbocycles. The van der Waals surface area contributed by atoms with Gasteiger partial charge in [-0.25, -0.2) is 13.1 Å². The highest BCUT2D eigenvalue weighted by atomic mass is 32.2. The molecule has 2 aliphatic heterocycles. The first-order valence-corrected chi connectivity index (χ1v) is 8.79. The van der Waals surface area contributed by atoms with Crippen molar-refractivity contribution in [3.8, 4) is 5.69 Å². The van der Waals surface area contributed by atoms with Crippen molar-refractivity contribution >= 4 is 15.4 Å². The van der Waals surface area contributed by atoms with E-state index < -0.39 is 9.84 Å². The predicted octanol–water partition coefficient (Wildman–Crippen LogP) is 2.61. The van der Waals surface area contributed by atoms with Gasteiger partial charge in [-0.1, -0.05) is 18.2 Å². The van der Waals surface area contributed by atoms with Crippen molar-refractivity contribution in [2.45, 2.75) is 29.8 Å². The zero-order valence-electron chi connectivity index (χ0n) is 11.5. The molecule has 1 saturated heterocycles. The van der Waals surface area contributed by atoms with Crippen molar-refractivity contribution in [3.63, 3.8) is 0 Å². The highest BCUT2D eigenvalue weighted by Crippen LogP contribution is 2.40. The maximum absolute atomic E-state index is 12.1. The fourth-order valence-corrected chi connectivity index (χ4v) is 5.51. The van der Waals surface area contributed by atoms with E-state index in [9.17, 15) is 8.42 Å². The van der Waals surface area contributed by atoms with Crippen LogP contribution in [0.15, 0.2) is 48.8 Å². The Hall–Kier alpha value is -1.88. The van der Waals surface area contributed by atoms with Crippen LogP contribution in [0.4, 0.5) is 0 Å². The van der Waals surface area contributed by atoms with E-state index in [0.717, 1.165) is 24.1 Å². The van der Waals surface area contributed by atoms with Crippen LogP contribution in [0.2, 0.25) is 0 Å². The number of sulfone groups is 1. The molecule has 0 saturated carbocycles. The largest absolute Gasteiger partial charge is 0.241 e. The number of hydrogen-bond acceptors (Lipinski definition) is 3. The minimum Gasteiger partial charge on any atom is -0.241 e. The SMILES string of the molecule is O=S1(=O)C2C=C(c3ccc(-n4cccn4)cc3)CC1CC2. The van der Waals surface area contributed by atoms with Crippen LogP contribution in [-0.4, -0.2) is 28.7 Å². The number of rotatable bonds is 2. The highest BCUT2D eigenvalue weighted by molar-refractivity contribution is 7.93. The van der Waals surface area contributed by atoms with Crippen LogP contribution in [0, 0.1) is 0 Å². The number of hydrogen-bond donors (Lipinski definition) is 0. The lowest BCUT2D eigenvalue weighted by Crippen LogP contribution is -2.26. The lowest BCUT2D eigenvalue weighted by molar-refractivity contribution is 0.585. The molecule has 1 aromatic heterocycles. The minimum atomic E-state index is -2.90. The Kier molecular flexibility index (Phi) is 2.79. The van der Waals surface area contributed by atoms with Gasteiger partial charge in [0, 0.05) is 12.4 Å². The molecule has 2 bridgehead atoms. The Morgan fingerprint density at radius 2 is 1.95 bits per heavy atom. The standard InChI is InChI=1S/C16H16N2O2S/c19-21(20)15-6-7-16(21)11-13(10-15)12-2-4-14(5-3-12)18-9-1-8-17-18/h1-5,8-10,15-16H,6-7,11H2. The van der Waals surface area contributed by atoms with Gasteiger partial charge in [0.15, 0.2) is 9.84 Å². The zero-order valence-corrected chi connectivity index (χ0v) is 12.3. The average molecular weight is 300 g/mol. The molecule has 2 unspecified atom stereocenters. The molecule has 2 aromatic rings. The molecular formula is C16H16N2O2S. The first kappa shape index (κ1) is 12.8. The van der Waals surface area contributed by atoms with E-state index in [1.54, 1.807) is 6.20 Å². The van der Waals surface area contributed by atoms with Crippen molar-refractivity contribution in [3.05, 3.63) is 54.4 Å². The van der Waals surface area contributed by atoms with Crippen molar-refractivity contribution < 1.29 is 8.42 Å². The van der Waals surface area contributed by atoms with E-state index in [0.29, 0.717) is 6.42 Å².